The van der Waals surface area contributed by atoms with Gasteiger partial charge in [0.2, 0.25) is 0 Å². The first kappa shape index (κ1) is 18.8. The SMILES string of the molecule is [C-]#[N+]c1cc2c(Br)cn(C3CCN(C(=O)OC(C)(C)C)CC3)c2cc1C. The number of benzene rings is 1. The number of carbonyl (C=O) groups is 1. The van der Waals surface area contributed by atoms with Gasteiger partial charge < -0.3 is 14.2 Å². The van der Waals surface area contributed by atoms with Crippen LogP contribution in [0.15, 0.2) is 22.8 Å². The number of piperidine rings is 1. The Bertz CT molecular complexity index is 881. The van der Waals surface area contributed by atoms with E-state index < -0.39 is 5.60 Å². The molecule has 6 heteroatoms. The Morgan fingerprint density at radius 3 is 2.54 bits per heavy atom. The third-order valence-corrected chi connectivity index (χ3v) is 5.36. The van der Waals surface area contributed by atoms with E-state index in [4.69, 9.17) is 11.3 Å². The minimum absolute atomic E-state index is 0.230. The number of hydrogen-bond acceptors (Lipinski definition) is 2. The number of aromatic nitrogens is 1. The Morgan fingerprint density at radius 1 is 1.31 bits per heavy atom. The molecular weight excluding hydrogens is 394 g/mol. The van der Waals surface area contributed by atoms with Gasteiger partial charge in [-0.1, -0.05) is 0 Å². The Balaban J connectivity index is 1.79. The zero-order chi connectivity index (χ0) is 19.1. The van der Waals surface area contributed by atoms with Gasteiger partial charge in [-0.3, -0.25) is 0 Å². The zero-order valence-corrected chi connectivity index (χ0v) is 17.3. The summed E-state index contributed by atoms with van der Waals surface area (Å²) in [5.74, 6) is 0. The maximum absolute atomic E-state index is 12.2. The highest BCUT2D eigenvalue weighted by molar-refractivity contribution is 9.10. The van der Waals surface area contributed by atoms with E-state index in [1.807, 2.05) is 33.8 Å². The van der Waals surface area contributed by atoms with Crippen LogP contribution in [-0.4, -0.2) is 34.3 Å². The summed E-state index contributed by atoms with van der Waals surface area (Å²) in [6.45, 7) is 16.3. The van der Waals surface area contributed by atoms with Crippen molar-refractivity contribution in [3.8, 4) is 0 Å². The van der Waals surface area contributed by atoms with E-state index in [1.165, 1.54) is 0 Å². The standard InChI is InChI=1S/C20H24BrN3O2/c1-13-10-18-15(11-17(13)22-5)16(21)12-24(18)14-6-8-23(9-7-14)19(25)26-20(2,3)4/h10-12,14H,6-9H2,1-4H3. The van der Waals surface area contributed by atoms with Crippen LogP contribution in [0.4, 0.5) is 10.5 Å². The molecule has 0 aliphatic carbocycles. The molecule has 1 aliphatic heterocycles. The van der Waals surface area contributed by atoms with Gasteiger partial charge in [0.25, 0.3) is 0 Å². The predicted molar refractivity (Wildman–Crippen MR) is 107 cm³/mol. The summed E-state index contributed by atoms with van der Waals surface area (Å²) in [6.07, 6.45) is 3.65. The van der Waals surface area contributed by atoms with Crippen molar-refractivity contribution in [3.63, 3.8) is 0 Å². The van der Waals surface area contributed by atoms with Crippen LogP contribution in [0.25, 0.3) is 15.7 Å². The lowest BCUT2D eigenvalue weighted by molar-refractivity contribution is 0.0189. The molecule has 0 N–H and O–H groups in total. The normalized spacial score (nSPS) is 15.9. The lowest BCUT2D eigenvalue weighted by Gasteiger charge is -2.34. The second kappa shape index (κ2) is 6.96. The molecule has 0 saturated carbocycles. The fourth-order valence-corrected chi connectivity index (χ4v) is 3.96. The van der Waals surface area contributed by atoms with Crippen molar-refractivity contribution in [2.45, 2.75) is 52.2 Å². The molecule has 26 heavy (non-hydrogen) atoms. The van der Waals surface area contributed by atoms with E-state index in [0.717, 1.165) is 33.8 Å². The number of likely N-dealkylation sites (tertiary alicyclic amines) is 1. The van der Waals surface area contributed by atoms with Crippen LogP contribution in [0.3, 0.4) is 0 Å². The number of ether oxygens (including phenoxy) is 1. The third-order valence-electron chi connectivity index (χ3n) is 4.73. The first-order chi connectivity index (χ1) is 12.2. The number of aryl methyl sites for hydroxylation is 1. The number of hydrogen-bond donors (Lipinski definition) is 0. The summed E-state index contributed by atoms with van der Waals surface area (Å²) in [5, 5.41) is 1.07. The summed E-state index contributed by atoms with van der Waals surface area (Å²) in [6, 6.07) is 4.38. The quantitative estimate of drug-likeness (QED) is 0.546. The highest BCUT2D eigenvalue weighted by Gasteiger charge is 2.28. The zero-order valence-electron chi connectivity index (χ0n) is 15.7. The van der Waals surface area contributed by atoms with Crippen LogP contribution in [0.5, 0.6) is 0 Å². The van der Waals surface area contributed by atoms with Crippen LogP contribution < -0.4 is 0 Å². The lowest BCUT2D eigenvalue weighted by atomic mass is 10.0. The van der Waals surface area contributed by atoms with Crippen molar-refractivity contribution < 1.29 is 9.53 Å². The molecule has 0 bridgehead atoms. The highest BCUT2D eigenvalue weighted by Crippen LogP contribution is 2.36. The van der Waals surface area contributed by atoms with Gasteiger partial charge in [0.05, 0.1) is 6.57 Å². The van der Waals surface area contributed by atoms with Crippen LogP contribution in [0.2, 0.25) is 0 Å². The van der Waals surface area contributed by atoms with Gasteiger partial charge in [-0.15, -0.1) is 0 Å². The number of carbonyl (C=O) groups excluding carboxylic acids is 1. The largest absolute Gasteiger partial charge is 0.444 e. The van der Waals surface area contributed by atoms with Gasteiger partial charge >= 0.3 is 6.09 Å². The number of fused-ring (bicyclic) bond motifs is 1. The maximum atomic E-state index is 12.2. The minimum Gasteiger partial charge on any atom is -0.444 e. The van der Waals surface area contributed by atoms with Crippen molar-refractivity contribution >= 4 is 38.6 Å². The van der Waals surface area contributed by atoms with Gasteiger partial charge in [-0.25, -0.2) is 9.64 Å². The van der Waals surface area contributed by atoms with Crippen molar-refractivity contribution in [1.29, 1.82) is 0 Å². The van der Waals surface area contributed by atoms with E-state index in [0.29, 0.717) is 24.8 Å². The van der Waals surface area contributed by atoms with Gasteiger partial charge in [0, 0.05) is 40.7 Å². The Kier molecular flexibility index (Phi) is 5.03. The smallest absolute Gasteiger partial charge is 0.410 e. The molecular formula is C20H24BrN3O2. The van der Waals surface area contributed by atoms with E-state index >= 15 is 0 Å². The fraction of sp³-hybridized carbons (Fsp3) is 0.500. The van der Waals surface area contributed by atoms with E-state index in [1.54, 1.807) is 4.90 Å². The summed E-state index contributed by atoms with van der Waals surface area (Å²) in [7, 11) is 0. The van der Waals surface area contributed by atoms with Crippen molar-refractivity contribution in [3.05, 3.63) is 39.8 Å². The molecule has 1 amide bonds. The van der Waals surface area contributed by atoms with Crippen LogP contribution >= 0.6 is 15.9 Å². The molecule has 0 radical (unpaired) electrons. The molecule has 0 unspecified atom stereocenters. The summed E-state index contributed by atoms with van der Waals surface area (Å²) >= 11 is 3.63. The number of rotatable bonds is 1. The molecule has 5 nitrogen and oxygen atoms in total. The fourth-order valence-electron chi connectivity index (χ4n) is 3.42. The van der Waals surface area contributed by atoms with E-state index in [9.17, 15) is 4.79 Å². The molecule has 3 rings (SSSR count). The van der Waals surface area contributed by atoms with Crippen molar-refractivity contribution in [1.82, 2.24) is 9.47 Å². The number of nitrogens with zero attached hydrogens (tertiary/aromatic N) is 3. The number of amides is 1. The molecule has 1 aromatic heterocycles. The second-order valence-electron chi connectivity index (χ2n) is 7.85. The Morgan fingerprint density at radius 2 is 1.96 bits per heavy atom. The first-order valence-corrected chi connectivity index (χ1v) is 9.65. The predicted octanol–water partition coefficient (Wildman–Crippen LogP) is 5.84. The Labute approximate surface area is 162 Å². The van der Waals surface area contributed by atoms with E-state index in [2.05, 4.69) is 37.6 Å². The maximum Gasteiger partial charge on any atom is 0.410 e. The first-order valence-electron chi connectivity index (χ1n) is 8.85. The average Bonchev–Trinajstić information content (AvgIpc) is 2.88. The summed E-state index contributed by atoms with van der Waals surface area (Å²) in [4.78, 5) is 17.6. The monoisotopic (exact) mass is 417 g/mol. The lowest BCUT2D eigenvalue weighted by Crippen LogP contribution is -2.42. The van der Waals surface area contributed by atoms with Crippen LogP contribution in [-0.2, 0) is 4.74 Å². The third kappa shape index (κ3) is 3.73. The van der Waals surface area contributed by atoms with Gasteiger partial charge in [0.1, 0.15) is 5.60 Å². The average molecular weight is 418 g/mol. The van der Waals surface area contributed by atoms with Gasteiger partial charge in [-0.2, -0.15) is 0 Å². The number of halogens is 1. The summed E-state index contributed by atoms with van der Waals surface area (Å²) < 4.78 is 8.77. The van der Waals surface area contributed by atoms with E-state index in [-0.39, 0.29) is 6.09 Å². The molecule has 1 aliphatic rings. The molecule has 1 aromatic carbocycles. The highest BCUT2D eigenvalue weighted by atomic mass is 79.9. The second-order valence-corrected chi connectivity index (χ2v) is 8.70. The molecule has 0 spiro atoms. The van der Waals surface area contributed by atoms with Crippen molar-refractivity contribution in [2.75, 3.05) is 13.1 Å². The molecule has 138 valence electrons. The van der Waals surface area contributed by atoms with Gasteiger partial charge in [0.15, 0.2) is 5.69 Å². The van der Waals surface area contributed by atoms with Gasteiger partial charge in [-0.05, 0) is 74.2 Å². The molecule has 1 fully saturated rings. The van der Waals surface area contributed by atoms with Crippen LogP contribution in [0, 0.1) is 13.5 Å². The molecule has 0 atom stereocenters. The topological polar surface area (TPSA) is 38.8 Å². The Hall–Kier alpha value is -2.00. The molecule has 1 saturated heterocycles. The molecule has 2 aromatic rings. The molecule has 2 heterocycles. The summed E-state index contributed by atoms with van der Waals surface area (Å²) in [5.41, 5.74) is 2.35. The van der Waals surface area contributed by atoms with Crippen molar-refractivity contribution in [2.24, 2.45) is 0 Å². The van der Waals surface area contributed by atoms with Crippen LogP contribution in [0.1, 0.15) is 45.2 Å². The minimum atomic E-state index is -0.465.